The molecule has 0 amide bonds. The van der Waals surface area contributed by atoms with E-state index >= 15 is 0 Å². The molecule has 18 heavy (non-hydrogen) atoms. The summed E-state index contributed by atoms with van der Waals surface area (Å²) in [7, 11) is 1.96. The minimum Gasteiger partial charge on any atom is -0.359 e. The molecule has 0 saturated carbocycles. The van der Waals surface area contributed by atoms with Gasteiger partial charge in [0.2, 0.25) is 0 Å². The van der Waals surface area contributed by atoms with Crippen LogP contribution in [0, 0.1) is 11.3 Å². The van der Waals surface area contributed by atoms with E-state index in [2.05, 4.69) is 9.97 Å². The third kappa shape index (κ3) is 3.05. The minimum atomic E-state index is 0.442. The molecule has 0 N–H and O–H groups in total. The highest BCUT2D eigenvalue weighted by Gasteiger charge is 2.04. The van der Waals surface area contributed by atoms with Crippen LogP contribution in [0.5, 0.6) is 0 Å². The predicted molar refractivity (Wildman–Crippen MR) is 70.2 cm³/mol. The maximum atomic E-state index is 8.81. The molecular weight excluding hydrogens is 224 g/mol. The summed E-state index contributed by atoms with van der Waals surface area (Å²) in [5.74, 6) is 0.810. The van der Waals surface area contributed by atoms with Crippen molar-refractivity contribution >= 4 is 5.82 Å². The maximum Gasteiger partial charge on any atom is 0.142 e. The number of nitriles is 1. The van der Waals surface area contributed by atoms with Crippen LogP contribution >= 0.6 is 0 Å². The summed E-state index contributed by atoms with van der Waals surface area (Å²) in [6, 6.07) is 13.4. The zero-order valence-electron chi connectivity index (χ0n) is 10.2. The van der Waals surface area contributed by atoms with Crippen molar-refractivity contribution in [1.82, 2.24) is 9.97 Å². The molecule has 0 aliphatic heterocycles. The molecule has 2 aromatic rings. The van der Waals surface area contributed by atoms with Crippen molar-refractivity contribution in [2.24, 2.45) is 0 Å². The van der Waals surface area contributed by atoms with E-state index in [1.54, 1.807) is 12.3 Å². The Bertz CT molecular complexity index is 545. The number of pyridine rings is 2. The van der Waals surface area contributed by atoms with E-state index in [1.807, 2.05) is 48.3 Å². The lowest BCUT2D eigenvalue weighted by Gasteiger charge is -2.17. The van der Waals surface area contributed by atoms with E-state index in [1.165, 1.54) is 0 Å². The zero-order valence-corrected chi connectivity index (χ0v) is 10.2. The first-order chi connectivity index (χ1) is 8.79. The smallest absolute Gasteiger partial charge is 0.142 e. The van der Waals surface area contributed by atoms with Crippen molar-refractivity contribution in [2.45, 2.75) is 6.42 Å². The number of hydrogen-bond acceptors (Lipinski definition) is 4. The fraction of sp³-hybridized carbons (Fsp3) is 0.214. The molecule has 2 rings (SSSR count). The van der Waals surface area contributed by atoms with Crippen LogP contribution in [0.15, 0.2) is 42.6 Å². The van der Waals surface area contributed by atoms with Gasteiger partial charge in [-0.3, -0.25) is 4.98 Å². The number of hydrogen-bond donors (Lipinski definition) is 0. The molecule has 90 valence electrons. The molecular formula is C14H14N4. The highest BCUT2D eigenvalue weighted by atomic mass is 15.2. The van der Waals surface area contributed by atoms with Crippen LogP contribution in [0.25, 0.3) is 0 Å². The summed E-state index contributed by atoms with van der Waals surface area (Å²) in [5.41, 5.74) is 1.50. The van der Waals surface area contributed by atoms with Gasteiger partial charge in [0.15, 0.2) is 0 Å². The van der Waals surface area contributed by atoms with Gasteiger partial charge in [-0.1, -0.05) is 12.1 Å². The van der Waals surface area contributed by atoms with Crippen molar-refractivity contribution in [3.63, 3.8) is 0 Å². The molecule has 0 unspecified atom stereocenters. The number of rotatable bonds is 4. The minimum absolute atomic E-state index is 0.442. The Labute approximate surface area is 107 Å². The monoisotopic (exact) mass is 238 g/mol. The lowest BCUT2D eigenvalue weighted by Crippen LogP contribution is -2.21. The number of likely N-dealkylation sites (N-methyl/N-ethyl adjacent to an activating group) is 1. The normalized spacial score (nSPS) is 9.78. The van der Waals surface area contributed by atoms with Crippen molar-refractivity contribution < 1.29 is 0 Å². The van der Waals surface area contributed by atoms with E-state index < -0.39 is 0 Å². The second-order valence-corrected chi connectivity index (χ2v) is 3.99. The summed E-state index contributed by atoms with van der Waals surface area (Å²) in [6.45, 7) is 0.818. The fourth-order valence-electron chi connectivity index (χ4n) is 1.64. The Hall–Kier alpha value is -2.41. The Kier molecular flexibility index (Phi) is 3.87. The van der Waals surface area contributed by atoms with Gasteiger partial charge >= 0.3 is 0 Å². The molecule has 0 bridgehead atoms. The maximum absolute atomic E-state index is 8.81. The van der Waals surface area contributed by atoms with E-state index in [4.69, 9.17) is 5.26 Å². The Morgan fingerprint density at radius 3 is 2.83 bits per heavy atom. The summed E-state index contributed by atoms with van der Waals surface area (Å²) in [4.78, 5) is 10.5. The fourth-order valence-corrected chi connectivity index (χ4v) is 1.64. The summed E-state index contributed by atoms with van der Waals surface area (Å²) in [6.07, 6.45) is 2.65. The second-order valence-electron chi connectivity index (χ2n) is 3.99. The van der Waals surface area contributed by atoms with Crippen molar-refractivity contribution in [1.29, 1.82) is 5.26 Å². The standard InChI is InChI=1S/C14H14N4/c1-18(10-8-12-5-2-3-9-16-12)14-7-4-6-13(11-15)17-14/h2-7,9H,8,10H2,1H3. The molecule has 0 radical (unpaired) electrons. The molecule has 0 saturated heterocycles. The lowest BCUT2D eigenvalue weighted by molar-refractivity contribution is 0.838. The van der Waals surface area contributed by atoms with Gasteiger partial charge in [0, 0.05) is 31.9 Å². The van der Waals surface area contributed by atoms with Gasteiger partial charge in [0.05, 0.1) is 0 Å². The number of anilines is 1. The average Bonchev–Trinajstić information content (AvgIpc) is 2.46. The molecule has 0 atom stereocenters. The Morgan fingerprint density at radius 2 is 2.11 bits per heavy atom. The van der Waals surface area contributed by atoms with Crippen LogP contribution in [-0.2, 0) is 6.42 Å². The largest absolute Gasteiger partial charge is 0.359 e. The lowest BCUT2D eigenvalue weighted by atomic mass is 10.2. The van der Waals surface area contributed by atoms with Crippen LogP contribution in [0.2, 0.25) is 0 Å². The predicted octanol–water partition coefficient (Wildman–Crippen LogP) is 2.03. The third-order valence-corrected chi connectivity index (χ3v) is 2.67. The van der Waals surface area contributed by atoms with E-state index in [0.29, 0.717) is 5.69 Å². The van der Waals surface area contributed by atoms with Crippen LogP contribution in [0.3, 0.4) is 0 Å². The Balaban J connectivity index is 1.99. The first-order valence-corrected chi connectivity index (χ1v) is 5.78. The summed E-state index contributed by atoms with van der Waals surface area (Å²) < 4.78 is 0. The van der Waals surface area contributed by atoms with E-state index in [0.717, 1.165) is 24.5 Å². The molecule has 4 nitrogen and oxygen atoms in total. The van der Waals surface area contributed by atoms with Crippen LogP contribution < -0.4 is 4.90 Å². The third-order valence-electron chi connectivity index (χ3n) is 2.67. The van der Waals surface area contributed by atoms with E-state index in [-0.39, 0.29) is 0 Å². The van der Waals surface area contributed by atoms with Crippen molar-refractivity contribution in [3.05, 3.63) is 54.0 Å². The quantitative estimate of drug-likeness (QED) is 0.817. The van der Waals surface area contributed by atoms with Gasteiger partial charge in [-0.2, -0.15) is 5.26 Å². The molecule has 0 spiro atoms. The van der Waals surface area contributed by atoms with Gasteiger partial charge in [-0.25, -0.2) is 4.98 Å². The summed E-state index contributed by atoms with van der Waals surface area (Å²) >= 11 is 0. The molecule has 2 aromatic heterocycles. The van der Waals surface area contributed by atoms with Gasteiger partial charge in [0.25, 0.3) is 0 Å². The highest BCUT2D eigenvalue weighted by Crippen LogP contribution is 2.09. The SMILES string of the molecule is CN(CCc1ccccn1)c1cccc(C#N)n1. The van der Waals surface area contributed by atoms with Gasteiger partial charge in [0.1, 0.15) is 17.6 Å². The molecule has 0 aromatic carbocycles. The number of nitrogens with zero attached hydrogens (tertiary/aromatic N) is 4. The molecule has 2 heterocycles. The van der Waals surface area contributed by atoms with Gasteiger partial charge in [-0.05, 0) is 24.3 Å². The first-order valence-electron chi connectivity index (χ1n) is 5.78. The van der Waals surface area contributed by atoms with Crippen LogP contribution in [-0.4, -0.2) is 23.6 Å². The van der Waals surface area contributed by atoms with Gasteiger partial charge < -0.3 is 4.90 Å². The number of aromatic nitrogens is 2. The topological polar surface area (TPSA) is 52.8 Å². The molecule has 4 heteroatoms. The van der Waals surface area contributed by atoms with Crippen LogP contribution in [0.4, 0.5) is 5.82 Å². The zero-order chi connectivity index (χ0) is 12.8. The van der Waals surface area contributed by atoms with Gasteiger partial charge in [-0.15, -0.1) is 0 Å². The second kappa shape index (κ2) is 5.78. The highest BCUT2D eigenvalue weighted by molar-refractivity contribution is 5.40. The van der Waals surface area contributed by atoms with E-state index in [9.17, 15) is 0 Å². The first kappa shape index (κ1) is 12.1. The van der Waals surface area contributed by atoms with Crippen molar-refractivity contribution in [3.8, 4) is 6.07 Å². The molecule has 0 fully saturated rings. The summed E-state index contributed by atoms with van der Waals surface area (Å²) in [5, 5.41) is 8.81. The average molecular weight is 238 g/mol. The van der Waals surface area contributed by atoms with Crippen molar-refractivity contribution in [2.75, 3.05) is 18.5 Å². The Morgan fingerprint density at radius 1 is 1.22 bits per heavy atom. The molecule has 0 aliphatic carbocycles. The molecule has 0 aliphatic rings. The van der Waals surface area contributed by atoms with Crippen LogP contribution in [0.1, 0.15) is 11.4 Å².